The van der Waals surface area contributed by atoms with Crippen molar-refractivity contribution < 1.29 is 0 Å². The molecule has 0 atom stereocenters. The van der Waals surface area contributed by atoms with Gasteiger partial charge in [-0.15, -0.1) is 0 Å². The molecule has 1 aromatic heterocycles. The summed E-state index contributed by atoms with van der Waals surface area (Å²) in [6.07, 6.45) is 3.69. The van der Waals surface area contributed by atoms with Gasteiger partial charge >= 0.3 is 0 Å². The second kappa shape index (κ2) is 7.19. The van der Waals surface area contributed by atoms with Crippen LogP contribution in [0.3, 0.4) is 0 Å². The van der Waals surface area contributed by atoms with Gasteiger partial charge in [-0.05, 0) is 34.6 Å². The lowest BCUT2D eigenvalue weighted by molar-refractivity contribution is 1.10. The van der Waals surface area contributed by atoms with Crippen LogP contribution in [0.2, 0.25) is 0 Å². The van der Waals surface area contributed by atoms with Gasteiger partial charge in [0.25, 0.3) is 0 Å². The molecule has 2 nitrogen and oxygen atoms in total. The Bertz CT molecular complexity index is 480. The number of nitrogens with one attached hydrogen (secondary N) is 1. The van der Waals surface area contributed by atoms with Crippen molar-refractivity contribution in [1.82, 2.24) is 4.98 Å². The van der Waals surface area contributed by atoms with Crippen LogP contribution in [0.5, 0.6) is 0 Å². The third-order valence-corrected chi connectivity index (χ3v) is 3.92. The Morgan fingerprint density at radius 1 is 1.11 bits per heavy atom. The number of pyridine rings is 1. The van der Waals surface area contributed by atoms with Crippen LogP contribution in [-0.4, -0.2) is 10.2 Å². The van der Waals surface area contributed by atoms with Crippen molar-refractivity contribution in [2.75, 3.05) is 5.32 Å². The molecule has 0 bridgehead atoms. The zero-order valence-corrected chi connectivity index (χ0v) is 12.3. The molecule has 0 unspecified atom stereocenters. The lowest BCUT2D eigenvalue weighted by Crippen LogP contribution is -1.99. The number of benzene rings is 1. The van der Waals surface area contributed by atoms with Crippen molar-refractivity contribution in [3.8, 4) is 0 Å². The molecule has 0 aliphatic carbocycles. The molecule has 2 aromatic rings. The Morgan fingerprint density at radius 2 is 1.89 bits per heavy atom. The SMILES string of the molecule is CC(C)SCc1ccc(NCc2cccnc2)cc1. The van der Waals surface area contributed by atoms with Gasteiger partial charge in [0.1, 0.15) is 0 Å². The van der Waals surface area contributed by atoms with Gasteiger partial charge in [-0.3, -0.25) is 4.98 Å². The number of anilines is 1. The van der Waals surface area contributed by atoms with Crippen molar-refractivity contribution in [2.45, 2.75) is 31.4 Å². The van der Waals surface area contributed by atoms with E-state index in [1.54, 1.807) is 6.20 Å². The quantitative estimate of drug-likeness (QED) is 0.847. The number of hydrogen-bond donors (Lipinski definition) is 1. The van der Waals surface area contributed by atoms with Crippen LogP contribution in [0.4, 0.5) is 5.69 Å². The lowest BCUT2D eigenvalue weighted by Gasteiger charge is -2.08. The molecule has 0 saturated carbocycles. The molecule has 0 amide bonds. The van der Waals surface area contributed by atoms with Gasteiger partial charge in [0, 0.05) is 30.4 Å². The zero-order chi connectivity index (χ0) is 13.5. The van der Waals surface area contributed by atoms with E-state index in [9.17, 15) is 0 Å². The first-order valence-electron chi connectivity index (χ1n) is 6.57. The Kier molecular flexibility index (Phi) is 5.28. The maximum absolute atomic E-state index is 4.11. The van der Waals surface area contributed by atoms with Crippen LogP contribution in [-0.2, 0) is 12.3 Å². The molecule has 1 heterocycles. The van der Waals surface area contributed by atoms with Gasteiger partial charge in [-0.1, -0.05) is 32.0 Å². The number of rotatable bonds is 6. The fourth-order valence-electron chi connectivity index (χ4n) is 1.69. The third kappa shape index (κ3) is 4.95. The highest BCUT2D eigenvalue weighted by Gasteiger charge is 1.98. The minimum atomic E-state index is 0.684. The van der Waals surface area contributed by atoms with Crippen LogP contribution in [0.1, 0.15) is 25.0 Å². The molecule has 19 heavy (non-hydrogen) atoms. The molecule has 1 N–H and O–H groups in total. The van der Waals surface area contributed by atoms with E-state index in [1.807, 2.05) is 24.0 Å². The largest absolute Gasteiger partial charge is 0.381 e. The fraction of sp³-hybridized carbons (Fsp3) is 0.312. The van der Waals surface area contributed by atoms with Gasteiger partial charge in [-0.2, -0.15) is 11.8 Å². The standard InChI is InChI=1S/C16H20N2S/c1-13(2)19-12-14-5-7-16(8-6-14)18-11-15-4-3-9-17-10-15/h3-10,13,18H,11-12H2,1-2H3. The first-order valence-corrected chi connectivity index (χ1v) is 7.62. The highest BCUT2D eigenvalue weighted by Crippen LogP contribution is 2.19. The summed E-state index contributed by atoms with van der Waals surface area (Å²) >= 11 is 1.97. The predicted molar refractivity (Wildman–Crippen MR) is 84.4 cm³/mol. The van der Waals surface area contributed by atoms with E-state index >= 15 is 0 Å². The molecular weight excluding hydrogens is 252 g/mol. The van der Waals surface area contributed by atoms with Crippen molar-refractivity contribution in [1.29, 1.82) is 0 Å². The summed E-state index contributed by atoms with van der Waals surface area (Å²) in [5, 5.41) is 4.09. The van der Waals surface area contributed by atoms with Crippen LogP contribution >= 0.6 is 11.8 Å². The van der Waals surface area contributed by atoms with Gasteiger partial charge < -0.3 is 5.32 Å². The molecule has 100 valence electrons. The van der Waals surface area contributed by atoms with Crippen molar-refractivity contribution in [3.05, 3.63) is 59.9 Å². The molecule has 0 radical (unpaired) electrons. The molecule has 2 rings (SSSR count). The van der Waals surface area contributed by atoms with Crippen molar-refractivity contribution in [3.63, 3.8) is 0 Å². The fourth-order valence-corrected chi connectivity index (χ4v) is 2.41. The first kappa shape index (κ1) is 13.9. The summed E-state index contributed by atoms with van der Waals surface area (Å²) in [5.41, 5.74) is 3.73. The maximum atomic E-state index is 4.11. The summed E-state index contributed by atoms with van der Waals surface area (Å²) in [4.78, 5) is 4.11. The van der Waals surface area contributed by atoms with E-state index < -0.39 is 0 Å². The molecule has 0 spiro atoms. The Labute approximate surface area is 119 Å². The minimum Gasteiger partial charge on any atom is -0.381 e. The smallest absolute Gasteiger partial charge is 0.0416 e. The Hall–Kier alpha value is -1.48. The molecule has 0 fully saturated rings. The maximum Gasteiger partial charge on any atom is 0.0416 e. The molecular formula is C16H20N2S. The summed E-state index contributed by atoms with van der Waals surface area (Å²) in [5.74, 6) is 1.08. The van der Waals surface area contributed by atoms with Crippen LogP contribution in [0.15, 0.2) is 48.8 Å². The van der Waals surface area contributed by atoms with Crippen molar-refractivity contribution in [2.24, 2.45) is 0 Å². The number of aromatic nitrogens is 1. The number of thioether (sulfide) groups is 1. The van der Waals surface area contributed by atoms with Gasteiger partial charge in [0.2, 0.25) is 0 Å². The van der Waals surface area contributed by atoms with E-state index in [0.717, 1.165) is 18.0 Å². The lowest BCUT2D eigenvalue weighted by atomic mass is 10.2. The Morgan fingerprint density at radius 3 is 2.53 bits per heavy atom. The summed E-state index contributed by atoms with van der Waals surface area (Å²) in [6.45, 7) is 5.27. The normalized spacial score (nSPS) is 10.7. The molecule has 0 saturated heterocycles. The van der Waals surface area contributed by atoms with E-state index in [2.05, 4.69) is 54.5 Å². The predicted octanol–water partition coefficient (Wildman–Crippen LogP) is 4.34. The minimum absolute atomic E-state index is 0.684. The molecule has 1 aromatic carbocycles. The Balaban J connectivity index is 1.85. The highest BCUT2D eigenvalue weighted by atomic mass is 32.2. The van der Waals surface area contributed by atoms with Crippen LogP contribution < -0.4 is 5.32 Å². The van der Waals surface area contributed by atoms with E-state index in [-0.39, 0.29) is 0 Å². The second-order valence-electron chi connectivity index (χ2n) is 4.77. The van der Waals surface area contributed by atoms with E-state index in [4.69, 9.17) is 0 Å². The van der Waals surface area contributed by atoms with Gasteiger partial charge in [0.05, 0.1) is 0 Å². The monoisotopic (exact) mass is 272 g/mol. The zero-order valence-electron chi connectivity index (χ0n) is 11.5. The number of hydrogen-bond acceptors (Lipinski definition) is 3. The molecule has 0 aliphatic heterocycles. The first-order chi connectivity index (χ1) is 9.24. The van der Waals surface area contributed by atoms with Crippen molar-refractivity contribution >= 4 is 17.4 Å². The number of nitrogens with zero attached hydrogens (tertiary/aromatic N) is 1. The molecule has 3 heteroatoms. The van der Waals surface area contributed by atoms with Gasteiger partial charge in [0.15, 0.2) is 0 Å². The van der Waals surface area contributed by atoms with E-state index in [1.165, 1.54) is 11.1 Å². The molecule has 0 aliphatic rings. The highest BCUT2D eigenvalue weighted by molar-refractivity contribution is 7.99. The average molecular weight is 272 g/mol. The summed E-state index contributed by atoms with van der Waals surface area (Å²) in [6, 6.07) is 12.7. The van der Waals surface area contributed by atoms with E-state index in [0.29, 0.717) is 5.25 Å². The second-order valence-corrected chi connectivity index (χ2v) is 6.34. The van der Waals surface area contributed by atoms with Crippen LogP contribution in [0.25, 0.3) is 0 Å². The topological polar surface area (TPSA) is 24.9 Å². The van der Waals surface area contributed by atoms with Gasteiger partial charge in [-0.25, -0.2) is 0 Å². The summed E-state index contributed by atoms with van der Waals surface area (Å²) < 4.78 is 0. The third-order valence-electron chi connectivity index (χ3n) is 2.76. The van der Waals surface area contributed by atoms with Crippen LogP contribution in [0, 0.1) is 0 Å². The average Bonchev–Trinajstić information content (AvgIpc) is 2.45. The summed E-state index contributed by atoms with van der Waals surface area (Å²) in [7, 11) is 0.